The van der Waals surface area contributed by atoms with Crippen LogP contribution in [-0.2, 0) is 0 Å². The summed E-state index contributed by atoms with van der Waals surface area (Å²) in [5, 5.41) is 8.84. The molecule has 0 amide bonds. The fraction of sp³-hybridized carbons (Fsp3) is 0.750. The molecule has 0 aliphatic heterocycles. The lowest BCUT2D eigenvalue weighted by molar-refractivity contribution is 0.0906. The number of hydrogen-bond donors (Lipinski definition) is 3. The van der Waals surface area contributed by atoms with Crippen LogP contribution in [0.4, 0.5) is 0 Å². The largest absolute Gasteiger partial charge is 0.370 e. The van der Waals surface area contributed by atoms with E-state index in [2.05, 4.69) is 4.99 Å². The van der Waals surface area contributed by atoms with Crippen molar-refractivity contribution in [3.63, 3.8) is 0 Å². The third-order valence-corrected chi connectivity index (χ3v) is 0.403. The zero-order valence-electron chi connectivity index (χ0n) is 5.46. The van der Waals surface area contributed by atoms with E-state index in [1.165, 1.54) is 13.8 Å². The highest BCUT2D eigenvalue weighted by Crippen LogP contribution is 1.99. The van der Waals surface area contributed by atoms with Gasteiger partial charge in [-0.2, -0.15) is 0 Å². The Labute approximate surface area is 60.4 Å². The topological polar surface area (TPSA) is 84.6 Å². The molecule has 0 bridgehead atoms. The average molecular weight is 154 g/mol. The number of guanidine groups is 1. The monoisotopic (exact) mass is 153 g/mol. The predicted molar refractivity (Wildman–Crippen MR) is 39.4 cm³/mol. The Bertz CT molecular complexity index is 103. The highest BCUT2D eigenvalue weighted by Gasteiger charge is 2.07. The van der Waals surface area contributed by atoms with Crippen molar-refractivity contribution in [3.8, 4) is 0 Å². The van der Waals surface area contributed by atoms with Crippen LogP contribution in [0, 0.1) is 0 Å². The molecule has 0 unspecified atom stereocenters. The second-order valence-electron chi connectivity index (χ2n) is 2.03. The molecule has 0 aromatic rings. The van der Waals surface area contributed by atoms with Crippen LogP contribution in [0.15, 0.2) is 4.99 Å². The minimum Gasteiger partial charge on any atom is -0.370 e. The standard InChI is InChI=1S/C4H11N3O.ClH/c1-4(2,8)7-3(5)6;/h8H,1-2H3,(H4,5,6,7);1H. The van der Waals surface area contributed by atoms with Crippen LogP contribution in [0.25, 0.3) is 0 Å². The Morgan fingerprint density at radius 3 is 1.78 bits per heavy atom. The van der Waals surface area contributed by atoms with Gasteiger partial charge in [-0.1, -0.05) is 0 Å². The van der Waals surface area contributed by atoms with Gasteiger partial charge in [0.1, 0.15) is 0 Å². The summed E-state index contributed by atoms with van der Waals surface area (Å²) in [7, 11) is 0. The molecule has 0 spiro atoms. The van der Waals surface area contributed by atoms with Crippen molar-refractivity contribution >= 4 is 18.4 Å². The van der Waals surface area contributed by atoms with Crippen LogP contribution in [0.2, 0.25) is 0 Å². The van der Waals surface area contributed by atoms with Gasteiger partial charge >= 0.3 is 0 Å². The molecule has 0 aliphatic carbocycles. The number of nitrogens with two attached hydrogens (primary N) is 2. The molecule has 0 fully saturated rings. The van der Waals surface area contributed by atoms with E-state index in [9.17, 15) is 0 Å². The van der Waals surface area contributed by atoms with Gasteiger partial charge in [-0.05, 0) is 13.8 Å². The smallest absolute Gasteiger partial charge is 0.188 e. The van der Waals surface area contributed by atoms with Crippen molar-refractivity contribution in [3.05, 3.63) is 0 Å². The molecule has 0 rings (SSSR count). The molecule has 9 heavy (non-hydrogen) atoms. The van der Waals surface area contributed by atoms with Crippen molar-refractivity contribution < 1.29 is 5.11 Å². The summed E-state index contributed by atoms with van der Waals surface area (Å²) >= 11 is 0. The Balaban J connectivity index is 0. The summed E-state index contributed by atoms with van der Waals surface area (Å²) in [6, 6.07) is 0. The second kappa shape index (κ2) is 3.53. The number of halogens is 1. The summed E-state index contributed by atoms with van der Waals surface area (Å²) in [6.45, 7) is 2.99. The Kier molecular flexibility index (Phi) is 4.44. The van der Waals surface area contributed by atoms with Crippen molar-refractivity contribution in [1.82, 2.24) is 0 Å². The Morgan fingerprint density at radius 2 is 1.78 bits per heavy atom. The van der Waals surface area contributed by atoms with E-state index in [0.717, 1.165) is 0 Å². The van der Waals surface area contributed by atoms with Gasteiger partial charge in [-0.15, -0.1) is 12.4 Å². The molecule has 0 radical (unpaired) electrons. The fourth-order valence-electron chi connectivity index (χ4n) is 0.316. The van der Waals surface area contributed by atoms with Crippen LogP contribution in [-0.4, -0.2) is 16.8 Å². The molecular formula is C4H12ClN3O. The molecule has 0 atom stereocenters. The normalized spacial score (nSPS) is 9.67. The lowest BCUT2D eigenvalue weighted by Gasteiger charge is -2.09. The lowest BCUT2D eigenvalue weighted by atomic mass is 10.3. The highest BCUT2D eigenvalue weighted by atomic mass is 35.5. The molecule has 4 nitrogen and oxygen atoms in total. The number of aliphatic hydroxyl groups is 1. The molecule has 5 heteroatoms. The Hall–Kier alpha value is -0.480. The maximum atomic E-state index is 8.84. The lowest BCUT2D eigenvalue weighted by Crippen LogP contribution is -2.29. The average Bonchev–Trinajstić information content (AvgIpc) is 1.21. The quantitative estimate of drug-likeness (QED) is 0.348. The molecular weight excluding hydrogens is 142 g/mol. The van der Waals surface area contributed by atoms with Crippen LogP contribution >= 0.6 is 12.4 Å². The van der Waals surface area contributed by atoms with Gasteiger partial charge in [0.2, 0.25) is 0 Å². The van der Waals surface area contributed by atoms with Crippen molar-refractivity contribution in [2.75, 3.05) is 0 Å². The van der Waals surface area contributed by atoms with E-state index in [-0.39, 0.29) is 18.4 Å². The summed E-state index contributed by atoms with van der Waals surface area (Å²) in [6.07, 6.45) is 0. The summed E-state index contributed by atoms with van der Waals surface area (Å²) in [5.41, 5.74) is 8.75. The third-order valence-electron chi connectivity index (χ3n) is 0.403. The summed E-state index contributed by atoms with van der Waals surface area (Å²) < 4.78 is 0. The minimum atomic E-state index is -1.14. The van der Waals surface area contributed by atoms with Gasteiger partial charge in [0.05, 0.1) is 0 Å². The zero-order chi connectivity index (χ0) is 6.78. The SMILES string of the molecule is CC(C)(O)N=C(N)N.Cl. The highest BCUT2D eigenvalue weighted by molar-refractivity contribution is 5.85. The van der Waals surface area contributed by atoms with Gasteiger partial charge in [0.15, 0.2) is 11.7 Å². The number of hydrogen-bond acceptors (Lipinski definition) is 2. The van der Waals surface area contributed by atoms with E-state index >= 15 is 0 Å². The zero-order valence-corrected chi connectivity index (χ0v) is 6.27. The first-order chi connectivity index (χ1) is 3.42. The van der Waals surface area contributed by atoms with Gasteiger partial charge < -0.3 is 16.6 Å². The van der Waals surface area contributed by atoms with E-state index in [1.807, 2.05) is 0 Å². The predicted octanol–water partition coefficient (Wildman–Crippen LogP) is -0.590. The van der Waals surface area contributed by atoms with Gasteiger partial charge in [0.25, 0.3) is 0 Å². The van der Waals surface area contributed by atoms with E-state index < -0.39 is 5.72 Å². The molecule has 0 aliphatic rings. The van der Waals surface area contributed by atoms with Crippen LogP contribution in [0.3, 0.4) is 0 Å². The molecule has 0 heterocycles. The summed E-state index contributed by atoms with van der Waals surface area (Å²) in [4.78, 5) is 3.44. The van der Waals surface area contributed by atoms with Gasteiger partial charge in [-0.25, -0.2) is 4.99 Å². The third kappa shape index (κ3) is 11.2. The number of nitrogens with zero attached hydrogens (tertiary/aromatic N) is 1. The molecule has 0 saturated heterocycles. The summed E-state index contributed by atoms with van der Waals surface area (Å²) in [5.74, 6) is -0.0995. The molecule has 0 aromatic carbocycles. The maximum absolute atomic E-state index is 8.84. The first-order valence-corrected chi connectivity index (χ1v) is 2.25. The molecule has 5 N–H and O–H groups in total. The van der Waals surface area contributed by atoms with Crippen molar-refractivity contribution in [2.24, 2.45) is 16.5 Å². The van der Waals surface area contributed by atoms with Crippen molar-refractivity contribution in [2.45, 2.75) is 19.6 Å². The van der Waals surface area contributed by atoms with E-state index in [1.54, 1.807) is 0 Å². The Morgan fingerprint density at radius 1 is 1.44 bits per heavy atom. The first-order valence-electron chi connectivity index (χ1n) is 2.25. The van der Waals surface area contributed by atoms with E-state index in [4.69, 9.17) is 16.6 Å². The molecule has 0 aromatic heterocycles. The molecule has 0 saturated carbocycles. The first kappa shape index (κ1) is 11.3. The van der Waals surface area contributed by atoms with Crippen LogP contribution in [0.1, 0.15) is 13.8 Å². The minimum absolute atomic E-state index is 0. The van der Waals surface area contributed by atoms with Crippen LogP contribution in [0.5, 0.6) is 0 Å². The van der Waals surface area contributed by atoms with Gasteiger partial charge in [0, 0.05) is 0 Å². The number of rotatable bonds is 1. The second-order valence-corrected chi connectivity index (χ2v) is 2.03. The van der Waals surface area contributed by atoms with Gasteiger partial charge in [-0.3, -0.25) is 0 Å². The number of aliphatic imine (C=N–C) groups is 1. The maximum Gasteiger partial charge on any atom is 0.188 e. The van der Waals surface area contributed by atoms with Crippen molar-refractivity contribution in [1.29, 1.82) is 0 Å². The van der Waals surface area contributed by atoms with Crippen LogP contribution < -0.4 is 11.5 Å². The van der Waals surface area contributed by atoms with E-state index in [0.29, 0.717) is 0 Å². The molecule has 56 valence electrons. The fourth-order valence-corrected chi connectivity index (χ4v) is 0.316.